The normalized spacial score (nSPS) is 15.1. The summed E-state index contributed by atoms with van der Waals surface area (Å²) in [6.45, 7) is 8.38. The van der Waals surface area contributed by atoms with Crippen LogP contribution in [-0.2, 0) is 19.4 Å². The second-order valence-electron chi connectivity index (χ2n) is 11.0. The minimum atomic E-state index is -0.196. The fourth-order valence-electron chi connectivity index (χ4n) is 5.52. The zero-order valence-electron chi connectivity index (χ0n) is 23.2. The van der Waals surface area contributed by atoms with Gasteiger partial charge in [-0.25, -0.2) is 4.52 Å². The predicted octanol–water partition coefficient (Wildman–Crippen LogP) is 5.78. The number of aryl methyl sites for hydroxylation is 1. The molecule has 0 spiro atoms. The van der Waals surface area contributed by atoms with E-state index in [1.807, 2.05) is 48.8 Å². The van der Waals surface area contributed by atoms with Crippen LogP contribution in [0.1, 0.15) is 53.8 Å². The van der Waals surface area contributed by atoms with Gasteiger partial charge < -0.3 is 9.88 Å². The molecule has 6 rings (SSSR count). The maximum absolute atomic E-state index is 14.3. The highest BCUT2D eigenvalue weighted by atomic mass is 79.9. The molecule has 11 heteroatoms. The van der Waals surface area contributed by atoms with Gasteiger partial charge in [-0.1, -0.05) is 25.4 Å². The van der Waals surface area contributed by atoms with E-state index in [9.17, 15) is 9.59 Å². The third-order valence-corrected chi connectivity index (χ3v) is 8.73. The average Bonchev–Trinajstić information content (AvgIpc) is 3.56. The summed E-state index contributed by atoms with van der Waals surface area (Å²) in [5, 5.41) is 13.5. The second kappa shape index (κ2) is 10.6. The number of carbonyl (C=O) groups is 1. The maximum Gasteiger partial charge on any atom is 0.261 e. The van der Waals surface area contributed by atoms with Gasteiger partial charge in [-0.3, -0.25) is 14.2 Å². The molecule has 3 aromatic heterocycles. The molecule has 0 aliphatic carbocycles. The Morgan fingerprint density at radius 1 is 1.17 bits per heavy atom. The molecule has 1 atom stereocenters. The lowest BCUT2D eigenvalue weighted by atomic mass is 9.98. The highest BCUT2D eigenvalue weighted by Crippen LogP contribution is 2.29. The number of aromatic amines is 1. The van der Waals surface area contributed by atoms with Crippen LogP contribution in [0.25, 0.3) is 22.7 Å². The molecule has 1 N–H and O–H groups in total. The molecule has 5 aromatic rings. The first-order valence-corrected chi connectivity index (χ1v) is 14.7. The van der Waals surface area contributed by atoms with Crippen LogP contribution in [0.4, 0.5) is 0 Å². The van der Waals surface area contributed by atoms with E-state index in [1.54, 1.807) is 27.7 Å². The van der Waals surface area contributed by atoms with Crippen LogP contribution in [0.5, 0.6) is 0 Å². The zero-order valence-corrected chi connectivity index (χ0v) is 25.5. The van der Waals surface area contributed by atoms with Gasteiger partial charge in [0.1, 0.15) is 11.5 Å². The number of amides is 1. The number of hydrogen-bond donors (Lipinski definition) is 1. The summed E-state index contributed by atoms with van der Waals surface area (Å²) in [6.07, 6.45) is 3.01. The third-order valence-electron chi connectivity index (χ3n) is 7.50. The van der Waals surface area contributed by atoms with Gasteiger partial charge in [0.2, 0.25) is 0 Å². The quantitative estimate of drug-likeness (QED) is 0.264. The Balaban J connectivity index is 1.48. The van der Waals surface area contributed by atoms with Crippen molar-refractivity contribution in [3.05, 3.63) is 96.7 Å². The number of rotatable bonds is 5. The molecule has 0 fully saturated rings. The molecular weight excluding hydrogens is 606 g/mol. The van der Waals surface area contributed by atoms with Crippen molar-refractivity contribution in [1.29, 1.82) is 0 Å². The van der Waals surface area contributed by atoms with Crippen LogP contribution in [0.2, 0.25) is 5.02 Å². The summed E-state index contributed by atoms with van der Waals surface area (Å²) in [5.41, 5.74) is 5.13. The highest BCUT2D eigenvalue weighted by molar-refractivity contribution is 9.10. The summed E-state index contributed by atoms with van der Waals surface area (Å²) in [4.78, 5) is 32.8. The lowest BCUT2D eigenvalue weighted by Crippen LogP contribution is -2.46. The Morgan fingerprint density at radius 2 is 1.93 bits per heavy atom. The number of benzene rings is 2. The summed E-state index contributed by atoms with van der Waals surface area (Å²) in [6, 6.07) is 12.7. The Hall–Kier alpha value is -3.76. The Labute approximate surface area is 250 Å². The Bertz CT molecular complexity index is 1860. The number of hydrogen-bond acceptors (Lipinski definition) is 5. The fourth-order valence-corrected chi connectivity index (χ4v) is 5.95. The molecule has 0 unspecified atom stereocenters. The van der Waals surface area contributed by atoms with Crippen molar-refractivity contribution in [3.63, 3.8) is 0 Å². The van der Waals surface area contributed by atoms with Crippen molar-refractivity contribution >= 4 is 39.1 Å². The van der Waals surface area contributed by atoms with E-state index in [4.69, 9.17) is 16.7 Å². The predicted molar refractivity (Wildman–Crippen MR) is 162 cm³/mol. The molecular formula is C30H29BrClN7O2. The van der Waals surface area contributed by atoms with Crippen molar-refractivity contribution in [1.82, 2.24) is 34.3 Å². The Kier molecular flexibility index (Phi) is 7.07. The van der Waals surface area contributed by atoms with E-state index in [1.165, 1.54) is 0 Å². The van der Waals surface area contributed by atoms with Crippen LogP contribution in [0.3, 0.4) is 0 Å². The van der Waals surface area contributed by atoms with Crippen molar-refractivity contribution in [2.75, 3.05) is 0 Å². The maximum atomic E-state index is 14.3. The van der Waals surface area contributed by atoms with Gasteiger partial charge in [-0.15, -0.1) is 10.2 Å². The summed E-state index contributed by atoms with van der Waals surface area (Å²) < 4.78 is 4.34. The van der Waals surface area contributed by atoms with Gasteiger partial charge in [-0.05, 0) is 91.0 Å². The van der Waals surface area contributed by atoms with Crippen LogP contribution in [-0.4, -0.2) is 46.2 Å². The fraction of sp³-hybridized carbons (Fsp3) is 0.300. The van der Waals surface area contributed by atoms with E-state index < -0.39 is 0 Å². The van der Waals surface area contributed by atoms with Crippen molar-refractivity contribution in [3.8, 4) is 17.1 Å². The first-order chi connectivity index (χ1) is 19.6. The molecule has 1 aliphatic heterocycles. The number of nitrogens with zero attached hydrogens (tertiary/aromatic N) is 6. The van der Waals surface area contributed by atoms with Gasteiger partial charge in [0.05, 0.1) is 29.1 Å². The van der Waals surface area contributed by atoms with Gasteiger partial charge >= 0.3 is 0 Å². The van der Waals surface area contributed by atoms with Gasteiger partial charge in [0.25, 0.3) is 11.5 Å². The minimum absolute atomic E-state index is 0.0908. The lowest BCUT2D eigenvalue weighted by Gasteiger charge is -2.35. The van der Waals surface area contributed by atoms with E-state index in [0.717, 1.165) is 44.9 Å². The smallest absolute Gasteiger partial charge is 0.261 e. The molecule has 210 valence electrons. The molecule has 0 radical (unpaired) electrons. The molecule has 41 heavy (non-hydrogen) atoms. The monoisotopic (exact) mass is 633 g/mol. The average molecular weight is 635 g/mol. The van der Waals surface area contributed by atoms with E-state index >= 15 is 0 Å². The molecule has 9 nitrogen and oxygen atoms in total. The first kappa shape index (κ1) is 27.4. The second-order valence-corrected chi connectivity index (χ2v) is 12.3. The lowest BCUT2D eigenvalue weighted by molar-refractivity contribution is 0.0651. The van der Waals surface area contributed by atoms with Gasteiger partial charge in [-0.2, -0.15) is 5.10 Å². The van der Waals surface area contributed by atoms with Crippen LogP contribution >= 0.6 is 27.5 Å². The summed E-state index contributed by atoms with van der Waals surface area (Å²) in [7, 11) is 0. The molecule has 4 heterocycles. The minimum Gasteiger partial charge on any atom is -0.330 e. The van der Waals surface area contributed by atoms with Crippen molar-refractivity contribution < 1.29 is 4.79 Å². The summed E-state index contributed by atoms with van der Waals surface area (Å²) >= 11 is 9.69. The summed E-state index contributed by atoms with van der Waals surface area (Å²) in [5.74, 6) is 1.63. The molecule has 1 amide bonds. The van der Waals surface area contributed by atoms with Crippen molar-refractivity contribution in [2.24, 2.45) is 5.92 Å². The van der Waals surface area contributed by atoms with Gasteiger partial charge in [0.15, 0.2) is 5.82 Å². The number of halogens is 2. The molecule has 1 aliphatic rings. The number of fused-ring (bicyclic) bond motifs is 3. The SMILES string of the molecule is Cc1nnc(-c2ccc(-n3c(=O)c4c(n5ncc(CC(C)C)c35)CN(C(=O)c3ccc(Br)c(Cl)c3)[C@@H](C)C4)cc2)[nH]1. The van der Waals surface area contributed by atoms with E-state index in [2.05, 4.69) is 45.0 Å². The standard InChI is InChI=1S/C30H29BrClN7O2/c1-16(2)11-21-14-33-39-26-15-37(29(40)20-7-10-24(31)25(32)13-20)17(3)12-23(26)30(41)38(28(21)39)22-8-5-19(6-9-22)27-34-18(4)35-36-27/h5-10,13-14,16-17H,11-12,15H2,1-4H3,(H,34,35,36)/t17-/m0/s1. The first-order valence-electron chi connectivity index (χ1n) is 13.5. The largest absolute Gasteiger partial charge is 0.330 e. The number of carbonyl (C=O) groups excluding carboxylic acids is 1. The molecule has 0 saturated heterocycles. The van der Waals surface area contributed by atoms with E-state index in [0.29, 0.717) is 34.3 Å². The molecule has 0 saturated carbocycles. The number of nitrogens with one attached hydrogen (secondary N) is 1. The topological polar surface area (TPSA) is 101 Å². The Morgan fingerprint density at radius 3 is 2.59 bits per heavy atom. The third kappa shape index (κ3) is 4.89. The number of aromatic nitrogens is 6. The van der Waals surface area contributed by atoms with Crippen LogP contribution < -0.4 is 5.56 Å². The zero-order chi connectivity index (χ0) is 29.0. The molecule has 2 aromatic carbocycles. The number of H-pyrrole nitrogens is 1. The van der Waals surface area contributed by atoms with Crippen LogP contribution in [0, 0.1) is 12.8 Å². The van der Waals surface area contributed by atoms with Gasteiger partial charge in [0, 0.05) is 32.8 Å². The van der Waals surface area contributed by atoms with E-state index in [-0.39, 0.29) is 24.1 Å². The molecule has 0 bridgehead atoms. The van der Waals surface area contributed by atoms with Crippen molar-refractivity contribution in [2.45, 2.75) is 53.1 Å². The van der Waals surface area contributed by atoms with Crippen LogP contribution in [0.15, 0.2) is 57.9 Å². The highest BCUT2D eigenvalue weighted by Gasteiger charge is 2.33.